The molecule has 20 heavy (non-hydrogen) atoms. The zero-order chi connectivity index (χ0) is 14.5. The zero-order valence-electron chi connectivity index (χ0n) is 11.1. The van der Waals surface area contributed by atoms with E-state index in [0.717, 1.165) is 0 Å². The molecule has 2 heterocycles. The van der Waals surface area contributed by atoms with Gasteiger partial charge in [0.25, 0.3) is 0 Å². The molecule has 1 aliphatic heterocycles. The summed E-state index contributed by atoms with van der Waals surface area (Å²) in [4.78, 5) is 31.9. The summed E-state index contributed by atoms with van der Waals surface area (Å²) in [7, 11) is 0. The first-order valence-electron chi connectivity index (χ1n) is 6.38. The Kier molecular flexibility index (Phi) is 4.28. The molecule has 0 aromatic carbocycles. The van der Waals surface area contributed by atoms with Crippen molar-refractivity contribution in [3.05, 3.63) is 16.4 Å². The Balaban J connectivity index is 2.41. The molecule has 108 valence electrons. The predicted octanol–water partition coefficient (Wildman–Crippen LogP) is 0.143. The van der Waals surface area contributed by atoms with E-state index in [1.807, 2.05) is 6.92 Å². The van der Waals surface area contributed by atoms with E-state index in [2.05, 4.69) is 20.6 Å². The van der Waals surface area contributed by atoms with Crippen LogP contribution in [0.2, 0.25) is 0 Å². The van der Waals surface area contributed by atoms with Crippen molar-refractivity contribution in [2.24, 2.45) is 0 Å². The fraction of sp³-hybridized carbons (Fsp3) is 0.545. The SMILES string of the molecule is CCNc1ncnc(N2CCCNC(=O)C2)c1[N+](=O)[O-]. The standard InChI is InChI=1S/C11H16N6O3/c1-2-12-10-9(17(19)20)11(15-7-14-10)16-5-3-4-13-8(18)6-16/h7H,2-6H2,1H3,(H,13,18)(H,12,14,15). The molecule has 1 amide bonds. The Labute approximate surface area is 115 Å². The van der Waals surface area contributed by atoms with Crippen LogP contribution in [-0.2, 0) is 4.79 Å². The highest BCUT2D eigenvalue weighted by Crippen LogP contribution is 2.31. The summed E-state index contributed by atoms with van der Waals surface area (Å²) in [5, 5.41) is 16.9. The number of nitrogens with zero attached hydrogens (tertiary/aromatic N) is 4. The van der Waals surface area contributed by atoms with Gasteiger partial charge in [-0.15, -0.1) is 0 Å². The molecular weight excluding hydrogens is 264 g/mol. The van der Waals surface area contributed by atoms with Gasteiger partial charge in [-0.25, -0.2) is 9.97 Å². The van der Waals surface area contributed by atoms with E-state index in [1.165, 1.54) is 6.33 Å². The molecule has 0 radical (unpaired) electrons. The van der Waals surface area contributed by atoms with Gasteiger partial charge in [0, 0.05) is 19.6 Å². The van der Waals surface area contributed by atoms with E-state index in [9.17, 15) is 14.9 Å². The van der Waals surface area contributed by atoms with Crippen molar-refractivity contribution in [3.8, 4) is 0 Å². The van der Waals surface area contributed by atoms with E-state index < -0.39 is 4.92 Å². The number of hydrogen-bond donors (Lipinski definition) is 2. The molecule has 0 aliphatic carbocycles. The van der Waals surface area contributed by atoms with Crippen LogP contribution in [0, 0.1) is 10.1 Å². The third kappa shape index (κ3) is 2.92. The Morgan fingerprint density at radius 1 is 1.55 bits per heavy atom. The first-order valence-corrected chi connectivity index (χ1v) is 6.38. The summed E-state index contributed by atoms with van der Waals surface area (Å²) in [6.45, 7) is 3.49. The highest BCUT2D eigenvalue weighted by Gasteiger charge is 2.28. The van der Waals surface area contributed by atoms with Crippen LogP contribution in [0.25, 0.3) is 0 Å². The minimum atomic E-state index is -0.518. The number of aromatic nitrogens is 2. The minimum Gasteiger partial charge on any atom is -0.364 e. The number of anilines is 2. The van der Waals surface area contributed by atoms with Crippen LogP contribution in [-0.4, -0.2) is 47.0 Å². The molecule has 2 rings (SSSR count). The minimum absolute atomic E-state index is 0.0589. The molecule has 0 unspecified atom stereocenters. The summed E-state index contributed by atoms with van der Waals surface area (Å²) >= 11 is 0. The molecule has 1 aromatic heterocycles. The summed E-state index contributed by atoms with van der Waals surface area (Å²) in [6, 6.07) is 0. The fourth-order valence-electron chi connectivity index (χ4n) is 2.05. The Morgan fingerprint density at radius 2 is 2.35 bits per heavy atom. The molecule has 1 aromatic rings. The van der Waals surface area contributed by atoms with Gasteiger partial charge < -0.3 is 15.5 Å². The largest absolute Gasteiger partial charge is 0.364 e. The van der Waals surface area contributed by atoms with E-state index in [1.54, 1.807) is 4.90 Å². The molecule has 1 saturated heterocycles. The molecule has 0 atom stereocenters. The maximum atomic E-state index is 11.6. The fourth-order valence-corrected chi connectivity index (χ4v) is 2.05. The van der Waals surface area contributed by atoms with Gasteiger partial charge in [0.05, 0.1) is 11.5 Å². The number of hydrogen-bond acceptors (Lipinski definition) is 7. The second-order valence-corrected chi connectivity index (χ2v) is 4.31. The van der Waals surface area contributed by atoms with Gasteiger partial charge in [0.15, 0.2) is 0 Å². The predicted molar refractivity (Wildman–Crippen MR) is 72.7 cm³/mol. The van der Waals surface area contributed by atoms with Crippen molar-refractivity contribution in [3.63, 3.8) is 0 Å². The highest BCUT2D eigenvalue weighted by atomic mass is 16.6. The zero-order valence-corrected chi connectivity index (χ0v) is 11.1. The third-order valence-electron chi connectivity index (χ3n) is 2.89. The van der Waals surface area contributed by atoms with Crippen LogP contribution in [0.5, 0.6) is 0 Å². The topological polar surface area (TPSA) is 113 Å². The van der Waals surface area contributed by atoms with E-state index in [4.69, 9.17) is 0 Å². The van der Waals surface area contributed by atoms with Crippen LogP contribution in [0.4, 0.5) is 17.3 Å². The first-order chi connectivity index (χ1) is 9.63. The van der Waals surface area contributed by atoms with Gasteiger partial charge in [-0.3, -0.25) is 14.9 Å². The summed E-state index contributed by atoms with van der Waals surface area (Å²) < 4.78 is 0. The maximum Gasteiger partial charge on any atom is 0.353 e. The normalized spacial score (nSPS) is 15.4. The summed E-state index contributed by atoms with van der Waals surface area (Å²) in [5.74, 6) is 0.186. The van der Waals surface area contributed by atoms with Crippen molar-refractivity contribution in [1.82, 2.24) is 15.3 Å². The van der Waals surface area contributed by atoms with Crippen LogP contribution < -0.4 is 15.5 Å². The summed E-state index contributed by atoms with van der Waals surface area (Å²) in [5.41, 5.74) is -0.191. The number of nitro groups is 1. The van der Waals surface area contributed by atoms with Crippen LogP contribution in [0.1, 0.15) is 13.3 Å². The molecule has 9 heteroatoms. The molecule has 1 fully saturated rings. The number of rotatable bonds is 4. The second kappa shape index (κ2) is 6.13. The third-order valence-corrected chi connectivity index (χ3v) is 2.89. The van der Waals surface area contributed by atoms with E-state index >= 15 is 0 Å². The Bertz CT molecular complexity index is 521. The quantitative estimate of drug-likeness (QED) is 0.595. The second-order valence-electron chi connectivity index (χ2n) is 4.31. The average molecular weight is 280 g/mol. The number of carbonyl (C=O) groups is 1. The van der Waals surface area contributed by atoms with Crippen molar-refractivity contribution < 1.29 is 9.72 Å². The smallest absolute Gasteiger partial charge is 0.353 e. The van der Waals surface area contributed by atoms with Gasteiger partial charge >= 0.3 is 5.69 Å². The molecule has 1 aliphatic rings. The first kappa shape index (κ1) is 14.0. The van der Waals surface area contributed by atoms with Gasteiger partial charge in [-0.2, -0.15) is 0 Å². The average Bonchev–Trinajstić information content (AvgIpc) is 2.63. The molecule has 0 bridgehead atoms. The lowest BCUT2D eigenvalue weighted by molar-refractivity contribution is -0.383. The van der Waals surface area contributed by atoms with Crippen LogP contribution in [0.15, 0.2) is 6.33 Å². The van der Waals surface area contributed by atoms with Gasteiger partial charge in [-0.1, -0.05) is 0 Å². The van der Waals surface area contributed by atoms with Crippen LogP contribution in [0.3, 0.4) is 0 Å². The lowest BCUT2D eigenvalue weighted by atomic mass is 10.3. The molecule has 0 spiro atoms. The lowest BCUT2D eigenvalue weighted by Gasteiger charge is -2.20. The Morgan fingerprint density at radius 3 is 3.05 bits per heavy atom. The van der Waals surface area contributed by atoms with Gasteiger partial charge in [-0.05, 0) is 13.3 Å². The molecule has 2 N–H and O–H groups in total. The monoisotopic (exact) mass is 280 g/mol. The van der Waals surface area contributed by atoms with Gasteiger partial charge in [0.1, 0.15) is 6.33 Å². The number of carbonyl (C=O) groups excluding carboxylic acids is 1. The molecule has 0 saturated carbocycles. The lowest BCUT2D eigenvalue weighted by Crippen LogP contribution is -2.34. The van der Waals surface area contributed by atoms with Crippen molar-refractivity contribution >= 4 is 23.2 Å². The van der Waals surface area contributed by atoms with E-state index in [0.29, 0.717) is 26.1 Å². The summed E-state index contributed by atoms with van der Waals surface area (Å²) in [6.07, 6.45) is 1.98. The maximum absolute atomic E-state index is 11.6. The van der Waals surface area contributed by atoms with Gasteiger partial charge in [0.2, 0.25) is 17.5 Å². The highest BCUT2D eigenvalue weighted by molar-refractivity contribution is 5.83. The number of nitrogens with one attached hydrogen (secondary N) is 2. The molecular formula is C11H16N6O3. The number of amides is 1. The molecule has 9 nitrogen and oxygen atoms in total. The van der Waals surface area contributed by atoms with Crippen molar-refractivity contribution in [2.45, 2.75) is 13.3 Å². The van der Waals surface area contributed by atoms with Crippen molar-refractivity contribution in [1.29, 1.82) is 0 Å². The van der Waals surface area contributed by atoms with Crippen molar-refractivity contribution in [2.75, 3.05) is 36.4 Å². The van der Waals surface area contributed by atoms with E-state index in [-0.39, 0.29) is 29.8 Å². The Hall–Kier alpha value is -2.45. The van der Waals surface area contributed by atoms with Crippen LogP contribution >= 0.6 is 0 Å².